The number of carboxylic acids is 1. The van der Waals surface area contributed by atoms with Crippen LogP contribution in [0.1, 0.15) is 10.4 Å². The van der Waals surface area contributed by atoms with Crippen LogP contribution in [-0.4, -0.2) is 15.6 Å². The summed E-state index contributed by atoms with van der Waals surface area (Å²) >= 11 is 4.79. The second-order valence-electron chi connectivity index (χ2n) is 2.19. The van der Waals surface area contributed by atoms with Crippen LogP contribution in [0.2, 0.25) is 0 Å². The van der Waals surface area contributed by atoms with E-state index in [1.54, 1.807) is 23.9 Å². The summed E-state index contributed by atoms with van der Waals surface area (Å²) in [7, 11) is 1.75. The van der Waals surface area contributed by atoms with Crippen LogP contribution in [0.5, 0.6) is 0 Å². The van der Waals surface area contributed by atoms with Crippen LogP contribution in [-0.2, 0) is 7.05 Å². The van der Waals surface area contributed by atoms with Crippen LogP contribution >= 0.6 is 12.2 Å². The van der Waals surface area contributed by atoms with E-state index in [1.165, 1.54) is 6.20 Å². The Labute approximate surface area is 68.9 Å². The first kappa shape index (κ1) is 7.94. The summed E-state index contributed by atoms with van der Waals surface area (Å²) < 4.78 is 2.02. The first-order chi connectivity index (χ1) is 5.11. The summed E-state index contributed by atoms with van der Waals surface area (Å²) in [5, 5.41) is 8.61. The van der Waals surface area contributed by atoms with E-state index in [1.807, 2.05) is 0 Å². The Morgan fingerprint density at radius 2 is 2.36 bits per heavy atom. The second-order valence-corrected chi connectivity index (χ2v) is 2.63. The number of hydrogen-bond acceptors (Lipinski definition) is 2. The van der Waals surface area contributed by atoms with Gasteiger partial charge < -0.3 is 9.67 Å². The molecule has 1 aromatic rings. The van der Waals surface area contributed by atoms with Crippen molar-refractivity contribution in [2.75, 3.05) is 0 Å². The fraction of sp³-hybridized carbons (Fsp3) is 0.143. The minimum atomic E-state index is -0.980. The van der Waals surface area contributed by atoms with Crippen LogP contribution in [0.15, 0.2) is 18.5 Å². The summed E-state index contributed by atoms with van der Waals surface area (Å²) in [4.78, 5) is 10.5. The lowest BCUT2D eigenvalue weighted by molar-refractivity contribution is 0.0695. The van der Waals surface area contributed by atoms with Crippen molar-refractivity contribution in [3.8, 4) is 0 Å². The Morgan fingerprint density at radius 3 is 2.82 bits per heavy atom. The predicted molar refractivity (Wildman–Crippen MR) is 43.2 cm³/mol. The number of nitrogens with zero attached hydrogens (tertiary/aromatic N) is 1. The largest absolute Gasteiger partial charge is 0.478 e. The van der Waals surface area contributed by atoms with Crippen LogP contribution in [0, 0.1) is 4.51 Å². The van der Waals surface area contributed by atoms with E-state index in [9.17, 15) is 4.79 Å². The van der Waals surface area contributed by atoms with Crippen molar-refractivity contribution in [2.45, 2.75) is 0 Å². The van der Waals surface area contributed by atoms with Crippen molar-refractivity contribution in [1.29, 1.82) is 0 Å². The molecule has 0 radical (unpaired) electrons. The molecule has 11 heavy (non-hydrogen) atoms. The molecule has 3 nitrogen and oxygen atoms in total. The Morgan fingerprint density at radius 1 is 1.73 bits per heavy atom. The number of aromatic nitrogens is 1. The zero-order valence-corrected chi connectivity index (χ0v) is 6.76. The van der Waals surface area contributed by atoms with Gasteiger partial charge in [0.1, 0.15) is 0 Å². The first-order valence-electron chi connectivity index (χ1n) is 3.01. The number of pyridine rings is 1. The molecule has 0 saturated carbocycles. The lowest BCUT2D eigenvalue weighted by atomic mass is 10.3. The monoisotopic (exact) mass is 169 g/mol. The molecule has 1 N–H and O–H groups in total. The minimum Gasteiger partial charge on any atom is -0.478 e. The number of carboxylic acid groups (broad SMARTS) is 1. The summed E-state index contributed by atoms with van der Waals surface area (Å²) in [5.74, 6) is -0.980. The SMILES string of the molecule is Cn1ccc(=S)c(C(=O)O)c1. The molecule has 0 bridgehead atoms. The van der Waals surface area contributed by atoms with Crippen LogP contribution in [0.3, 0.4) is 0 Å². The molecule has 0 saturated heterocycles. The molecule has 0 spiro atoms. The third kappa shape index (κ3) is 1.65. The van der Waals surface area contributed by atoms with Crippen LogP contribution < -0.4 is 0 Å². The normalized spacial score (nSPS) is 9.55. The van der Waals surface area contributed by atoms with E-state index in [4.69, 9.17) is 17.3 Å². The smallest absolute Gasteiger partial charge is 0.338 e. The molecule has 4 heteroatoms. The maximum absolute atomic E-state index is 10.5. The highest BCUT2D eigenvalue weighted by Crippen LogP contribution is 2.01. The van der Waals surface area contributed by atoms with E-state index in [-0.39, 0.29) is 5.56 Å². The molecule has 0 aliphatic heterocycles. The van der Waals surface area contributed by atoms with Crippen molar-refractivity contribution < 1.29 is 9.90 Å². The number of aromatic carboxylic acids is 1. The molecule has 1 aromatic heterocycles. The molecule has 1 heterocycles. The maximum atomic E-state index is 10.5. The Hall–Kier alpha value is -1.16. The van der Waals surface area contributed by atoms with Gasteiger partial charge in [0.2, 0.25) is 0 Å². The van der Waals surface area contributed by atoms with Crippen molar-refractivity contribution in [3.63, 3.8) is 0 Å². The average Bonchev–Trinajstić information content (AvgIpc) is 1.94. The van der Waals surface area contributed by atoms with Gasteiger partial charge in [-0.1, -0.05) is 12.2 Å². The molecule has 0 unspecified atom stereocenters. The van der Waals surface area contributed by atoms with E-state index >= 15 is 0 Å². The van der Waals surface area contributed by atoms with E-state index in [0.717, 1.165) is 0 Å². The Bertz CT molecular complexity index is 343. The van der Waals surface area contributed by atoms with Crippen LogP contribution in [0.4, 0.5) is 0 Å². The lowest BCUT2D eigenvalue weighted by Gasteiger charge is -1.98. The van der Waals surface area contributed by atoms with Gasteiger partial charge in [0.25, 0.3) is 0 Å². The molecule has 0 fully saturated rings. The number of rotatable bonds is 1. The fourth-order valence-corrected chi connectivity index (χ4v) is 0.947. The molecule has 0 aliphatic rings. The highest BCUT2D eigenvalue weighted by Gasteiger charge is 2.03. The van der Waals surface area contributed by atoms with E-state index in [2.05, 4.69) is 0 Å². The van der Waals surface area contributed by atoms with Crippen molar-refractivity contribution in [3.05, 3.63) is 28.5 Å². The number of aryl methyl sites for hydroxylation is 1. The fourth-order valence-electron chi connectivity index (χ4n) is 0.746. The first-order valence-corrected chi connectivity index (χ1v) is 3.41. The van der Waals surface area contributed by atoms with Gasteiger partial charge in [-0.05, 0) is 6.07 Å². The quantitative estimate of drug-likeness (QED) is 0.647. The van der Waals surface area contributed by atoms with Gasteiger partial charge in [-0.3, -0.25) is 0 Å². The average molecular weight is 169 g/mol. The molecule has 0 atom stereocenters. The van der Waals surface area contributed by atoms with Crippen LogP contribution in [0.25, 0.3) is 0 Å². The molecular formula is C7H7NO2S. The van der Waals surface area contributed by atoms with Gasteiger partial charge >= 0.3 is 5.97 Å². The summed E-state index contributed by atoms with van der Waals surface area (Å²) in [6, 6.07) is 1.60. The molecular weight excluding hydrogens is 162 g/mol. The summed E-state index contributed by atoms with van der Waals surface area (Å²) in [6.45, 7) is 0. The highest BCUT2D eigenvalue weighted by molar-refractivity contribution is 7.71. The minimum absolute atomic E-state index is 0.171. The van der Waals surface area contributed by atoms with Crippen molar-refractivity contribution in [1.82, 2.24) is 4.57 Å². The van der Waals surface area contributed by atoms with E-state index < -0.39 is 5.97 Å². The zero-order chi connectivity index (χ0) is 8.43. The maximum Gasteiger partial charge on any atom is 0.338 e. The van der Waals surface area contributed by atoms with Crippen molar-refractivity contribution >= 4 is 18.2 Å². The number of hydrogen-bond donors (Lipinski definition) is 1. The predicted octanol–water partition coefficient (Wildman–Crippen LogP) is 1.45. The molecule has 58 valence electrons. The standard InChI is InChI=1S/C7H7NO2S/c1-8-3-2-6(11)5(4-8)7(9)10/h2-4H,1H3,(H,9,10). The lowest BCUT2D eigenvalue weighted by Crippen LogP contribution is -2.01. The Kier molecular flexibility index (Phi) is 2.05. The van der Waals surface area contributed by atoms with E-state index in [0.29, 0.717) is 4.51 Å². The third-order valence-corrected chi connectivity index (χ3v) is 1.65. The molecule has 0 amide bonds. The summed E-state index contributed by atoms with van der Waals surface area (Å²) in [5.41, 5.74) is 0.171. The van der Waals surface area contributed by atoms with Gasteiger partial charge in [-0.2, -0.15) is 0 Å². The molecule has 1 rings (SSSR count). The molecule has 0 aliphatic carbocycles. The summed E-state index contributed by atoms with van der Waals surface area (Å²) in [6.07, 6.45) is 3.21. The second kappa shape index (κ2) is 2.84. The van der Waals surface area contributed by atoms with Gasteiger partial charge in [-0.25, -0.2) is 4.79 Å². The van der Waals surface area contributed by atoms with Gasteiger partial charge in [0, 0.05) is 19.4 Å². The highest BCUT2D eigenvalue weighted by atomic mass is 32.1. The van der Waals surface area contributed by atoms with Gasteiger partial charge in [0.05, 0.1) is 10.1 Å². The third-order valence-electron chi connectivity index (χ3n) is 1.29. The van der Waals surface area contributed by atoms with Crippen molar-refractivity contribution in [2.24, 2.45) is 7.05 Å². The Balaban J connectivity index is 3.35. The molecule has 0 aromatic carbocycles. The zero-order valence-electron chi connectivity index (χ0n) is 5.94. The topological polar surface area (TPSA) is 42.2 Å². The van der Waals surface area contributed by atoms with Gasteiger partial charge in [-0.15, -0.1) is 0 Å². The van der Waals surface area contributed by atoms with Gasteiger partial charge in [0.15, 0.2) is 0 Å². The number of carbonyl (C=O) groups is 1.